The maximum atomic E-state index is 13.0. The SMILES string of the molecule is CN1CCC2(CC1)CC(NC(=O)Cn1cnc3ccccc3c1=O)c1ccccc1O2. The first-order valence-corrected chi connectivity index (χ1v) is 10.7. The lowest BCUT2D eigenvalue weighted by atomic mass is 9.80. The molecule has 7 nitrogen and oxygen atoms in total. The van der Waals surface area contributed by atoms with E-state index in [1.54, 1.807) is 18.2 Å². The minimum absolute atomic E-state index is 0.0636. The molecule has 0 saturated carbocycles. The van der Waals surface area contributed by atoms with Crippen molar-refractivity contribution in [3.8, 4) is 5.75 Å². The lowest BCUT2D eigenvalue weighted by molar-refractivity contribution is -0.123. The number of carbonyl (C=O) groups is 1. The van der Waals surface area contributed by atoms with Crippen molar-refractivity contribution in [2.24, 2.45) is 0 Å². The van der Waals surface area contributed by atoms with Gasteiger partial charge in [-0.1, -0.05) is 30.3 Å². The first kappa shape index (κ1) is 19.8. The molecule has 1 fully saturated rings. The van der Waals surface area contributed by atoms with Crippen molar-refractivity contribution in [3.05, 3.63) is 70.8 Å². The summed E-state index contributed by atoms with van der Waals surface area (Å²) in [6, 6.07) is 14.9. The van der Waals surface area contributed by atoms with Crippen LogP contribution in [0.3, 0.4) is 0 Å². The third-order valence-corrected chi connectivity index (χ3v) is 6.48. The van der Waals surface area contributed by atoms with Gasteiger partial charge in [-0.15, -0.1) is 0 Å². The molecule has 1 aromatic heterocycles. The van der Waals surface area contributed by atoms with Crippen LogP contribution in [0.25, 0.3) is 10.9 Å². The summed E-state index contributed by atoms with van der Waals surface area (Å²) < 4.78 is 7.83. The van der Waals surface area contributed by atoms with Gasteiger partial charge in [-0.3, -0.25) is 14.2 Å². The number of nitrogens with zero attached hydrogens (tertiary/aromatic N) is 3. The molecule has 160 valence electrons. The Hall–Kier alpha value is -3.19. The normalized spacial score (nSPS) is 20.2. The van der Waals surface area contributed by atoms with Gasteiger partial charge in [-0.25, -0.2) is 4.98 Å². The summed E-state index contributed by atoms with van der Waals surface area (Å²) in [6.45, 7) is 1.88. The van der Waals surface area contributed by atoms with Crippen LogP contribution in [-0.4, -0.2) is 46.1 Å². The number of hydrogen-bond acceptors (Lipinski definition) is 5. The summed E-state index contributed by atoms with van der Waals surface area (Å²) in [5.74, 6) is 0.636. The summed E-state index contributed by atoms with van der Waals surface area (Å²) in [7, 11) is 2.12. The van der Waals surface area contributed by atoms with Gasteiger partial charge in [-0.2, -0.15) is 0 Å². The summed E-state index contributed by atoms with van der Waals surface area (Å²) in [5.41, 5.74) is 1.15. The highest BCUT2D eigenvalue weighted by atomic mass is 16.5. The number of ether oxygens (including phenoxy) is 1. The molecular formula is C24H26N4O3. The molecule has 0 bridgehead atoms. The fraction of sp³-hybridized carbons (Fsp3) is 0.375. The molecule has 3 aromatic rings. The van der Waals surface area contributed by atoms with Crippen molar-refractivity contribution in [3.63, 3.8) is 0 Å². The lowest BCUT2D eigenvalue weighted by Crippen LogP contribution is -2.51. The molecule has 1 unspecified atom stereocenters. The molecule has 3 heterocycles. The summed E-state index contributed by atoms with van der Waals surface area (Å²) in [4.78, 5) is 32.3. The molecule has 1 spiro atoms. The van der Waals surface area contributed by atoms with Crippen molar-refractivity contribution >= 4 is 16.8 Å². The number of amides is 1. The number of carbonyl (C=O) groups excluding carboxylic acids is 1. The van der Waals surface area contributed by atoms with Crippen LogP contribution in [0, 0.1) is 0 Å². The predicted molar refractivity (Wildman–Crippen MR) is 118 cm³/mol. The second kappa shape index (κ2) is 7.81. The topological polar surface area (TPSA) is 76.5 Å². The Morgan fingerprint density at radius 1 is 1.16 bits per heavy atom. The van der Waals surface area contributed by atoms with Crippen molar-refractivity contribution in [1.82, 2.24) is 19.8 Å². The van der Waals surface area contributed by atoms with Crippen molar-refractivity contribution < 1.29 is 9.53 Å². The van der Waals surface area contributed by atoms with Crippen LogP contribution >= 0.6 is 0 Å². The Morgan fingerprint density at radius 3 is 2.74 bits per heavy atom. The van der Waals surface area contributed by atoms with Crippen LogP contribution in [0.2, 0.25) is 0 Å². The third-order valence-electron chi connectivity index (χ3n) is 6.48. The van der Waals surface area contributed by atoms with Crippen LogP contribution in [0.1, 0.15) is 30.9 Å². The Kier molecular flexibility index (Phi) is 4.98. The van der Waals surface area contributed by atoms with Gasteiger partial charge in [-0.05, 0) is 38.1 Å². The van der Waals surface area contributed by atoms with E-state index < -0.39 is 0 Å². The van der Waals surface area contributed by atoms with E-state index in [4.69, 9.17) is 4.74 Å². The van der Waals surface area contributed by atoms with E-state index in [2.05, 4.69) is 22.2 Å². The molecule has 31 heavy (non-hydrogen) atoms. The molecule has 5 rings (SSSR count). The minimum Gasteiger partial charge on any atom is -0.487 e. The van der Waals surface area contributed by atoms with Crippen molar-refractivity contribution in [2.45, 2.75) is 37.5 Å². The van der Waals surface area contributed by atoms with E-state index in [1.807, 2.05) is 30.3 Å². The molecule has 0 aliphatic carbocycles. The first-order chi connectivity index (χ1) is 15.0. The van der Waals surface area contributed by atoms with Crippen LogP contribution in [-0.2, 0) is 11.3 Å². The van der Waals surface area contributed by atoms with Gasteiger partial charge in [0.25, 0.3) is 5.56 Å². The zero-order valence-corrected chi connectivity index (χ0v) is 17.6. The summed E-state index contributed by atoms with van der Waals surface area (Å²) in [6.07, 6.45) is 4.03. The van der Waals surface area contributed by atoms with Crippen molar-refractivity contribution in [2.75, 3.05) is 20.1 Å². The second-order valence-electron chi connectivity index (χ2n) is 8.65. The van der Waals surface area contributed by atoms with Gasteiger partial charge in [0, 0.05) is 25.1 Å². The zero-order chi connectivity index (χ0) is 21.4. The number of fused-ring (bicyclic) bond motifs is 2. The molecule has 0 radical (unpaired) electrons. The average molecular weight is 418 g/mol. The number of hydrogen-bond donors (Lipinski definition) is 1. The van der Waals surface area contributed by atoms with Gasteiger partial charge in [0.15, 0.2) is 0 Å². The van der Waals surface area contributed by atoms with Crippen molar-refractivity contribution in [1.29, 1.82) is 0 Å². The molecular weight excluding hydrogens is 392 g/mol. The minimum atomic E-state index is -0.264. The van der Waals surface area contributed by atoms with E-state index in [-0.39, 0.29) is 29.7 Å². The number of rotatable bonds is 3. The number of nitrogens with one attached hydrogen (secondary N) is 1. The highest BCUT2D eigenvalue weighted by molar-refractivity contribution is 5.79. The zero-order valence-electron chi connectivity index (χ0n) is 17.6. The van der Waals surface area contributed by atoms with Crippen LogP contribution in [0.4, 0.5) is 0 Å². The maximum absolute atomic E-state index is 13.0. The molecule has 1 atom stereocenters. The molecule has 1 amide bonds. The summed E-state index contributed by atoms with van der Waals surface area (Å²) in [5, 5.41) is 3.68. The first-order valence-electron chi connectivity index (χ1n) is 10.7. The molecule has 2 aliphatic heterocycles. The highest BCUT2D eigenvalue weighted by Crippen LogP contribution is 2.44. The fourth-order valence-electron chi connectivity index (χ4n) is 4.69. The molecule has 1 N–H and O–H groups in total. The molecule has 2 aliphatic rings. The Morgan fingerprint density at radius 2 is 1.90 bits per heavy atom. The van der Waals surface area contributed by atoms with Gasteiger partial charge in [0.1, 0.15) is 17.9 Å². The largest absolute Gasteiger partial charge is 0.487 e. The predicted octanol–water partition coefficient (Wildman–Crippen LogP) is 2.50. The Balaban J connectivity index is 1.38. The van der Waals surface area contributed by atoms with E-state index in [9.17, 15) is 9.59 Å². The van der Waals surface area contributed by atoms with Gasteiger partial charge in [0.05, 0.1) is 23.3 Å². The van der Waals surface area contributed by atoms with Gasteiger partial charge in [0.2, 0.25) is 5.91 Å². The van der Waals surface area contributed by atoms with Crippen LogP contribution in [0.5, 0.6) is 5.75 Å². The second-order valence-corrected chi connectivity index (χ2v) is 8.65. The number of benzene rings is 2. The number of likely N-dealkylation sites (tertiary alicyclic amines) is 1. The third kappa shape index (κ3) is 3.81. The van der Waals surface area contributed by atoms with E-state index in [0.29, 0.717) is 10.9 Å². The average Bonchev–Trinajstić information content (AvgIpc) is 2.78. The smallest absolute Gasteiger partial charge is 0.261 e. The summed E-state index contributed by atoms with van der Waals surface area (Å²) >= 11 is 0. The van der Waals surface area contributed by atoms with Gasteiger partial charge >= 0.3 is 0 Å². The molecule has 2 aromatic carbocycles. The van der Waals surface area contributed by atoms with Gasteiger partial charge < -0.3 is 15.0 Å². The molecule has 7 heteroatoms. The van der Waals surface area contributed by atoms with E-state index in [1.165, 1.54) is 10.9 Å². The number of aromatic nitrogens is 2. The maximum Gasteiger partial charge on any atom is 0.261 e. The lowest BCUT2D eigenvalue weighted by Gasteiger charge is -2.46. The fourth-order valence-corrected chi connectivity index (χ4v) is 4.69. The quantitative estimate of drug-likeness (QED) is 0.707. The monoisotopic (exact) mass is 418 g/mol. The van der Waals surface area contributed by atoms with E-state index in [0.717, 1.165) is 43.7 Å². The Labute approximate surface area is 180 Å². The number of para-hydroxylation sites is 2. The van der Waals surface area contributed by atoms with Crippen LogP contribution < -0.4 is 15.6 Å². The Bertz CT molecular complexity index is 1180. The van der Waals surface area contributed by atoms with E-state index >= 15 is 0 Å². The standard InChI is InChI=1S/C24H26N4O3/c1-27-12-10-24(11-13-27)14-20(17-6-3-5-9-21(17)31-24)26-22(29)15-28-16-25-19-8-4-2-7-18(19)23(28)30/h2-9,16,20H,10-15H2,1H3,(H,26,29). The number of piperidine rings is 1. The highest BCUT2D eigenvalue weighted by Gasteiger charge is 2.43. The van der Waals surface area contributed by atoms with Crippen LogP contribution in [0.15, 0.2) is 59.7 Å². The molecule has 1 saturated heterocycles.